The highest BCUT2D eigenvalue weighted by molar-refractivity contribution is 7.93. The molecule has 0 aliphatic heterocycles. The van der Waals surface area contributed by atoms with Crippen LogP contribution in [0.2, 0.25) is 0 Å². The van der Waals surface area contributed by atoms with Gasteiger partial charge in [0.05, 0.1) is 11.5 Å². The average molecular weight is 291 g/mol. The molecule has 0 saturated heterocycles. The van der Waals surface area contributed by atoms with E-state index in [0.717, 1.165) is 11.8 Å². The zero-order chi connectivity index (χ0) is 13.8. The maximum Gasteiger partial charge on any atom is 0.213 e. The van der Waals surface area contributed by atoms with Gasteiger partial charge in [-0.25, -0.2) is 21.6 Å². The summed E-state index contributed by atoms with van der Waals surface area (Å²) < 4.78 is 47.7. The predicted molar refractivity (Wildman–Crippen MR) is 71.5 cm³/mol. The normalized spacial score (nSPS) is 14.3. The van der Waals surface area contributed by atoms with Crippen molar-refractivity contribution in [2.45, 2.75) is 13.0 Å². The van der Waals surface area contributed by atoms with Gasteiger partial charge in [-0.05, 0) is 12.5 Å². The zero-order valence-corrected chi connectivity index (χ0v) is 12.0. The second-order valence-corrected chi connectivity index (χ2v) is 8.33. The van der Waals surface area contributed by atoms with E-state index < -0.39 is 25.6 Å². The van der Waals surface area contributed by atoms with Crippen LogP contribution in [-0.4, -0.2) is 34.6 Å². The molecule has 0 fully saturated rings. The Morgan fingerprint density at radius 3 is 2.11 bits per heavy atom. The highest BCUT2D eigenvalue weighted by Gasteiger charge is 2.17. The van der Waals surface area contributed by atoms with Crippen molar-refractivity contribution in [3.05, 3.63) is 35.9 Å². The summed E-state index contributed by atoms with van der Waals surface area (Å²) >= 11 is 0. The Bertz CT molecular complexity index is 579. The van der Waals surface area contributed by atoms with E-state index in [4.69, 9.17) is 0 Å². The van der Waals surface area contributed by atoms with Crippen molar-refractivity contribution in [1.29, 1.82) is 0 Å². The van der Waals surface area contributed by atoms with Crippen LogP contribution in [0, 0.1) is 0 Å². The van der Waals surface area contributed by atoms with Crippen molar-refractivity contribution in [2.75, 3.05) is 17.8 Å². The SMILES string of the molecule is C[C@@H](NS(=O)(=O)CCS(C)(=O)=O)c1ccccc1. The third-order valence-corrected chi connectivity index (χ3v) is 5.04. The van der Waals surface area contributed by atoms with Gasteiger partial charge in [0.15, 0.2) is 0 Å². The molecule has 0 amide bonds. The quantitative estimate of drug-likeness (QED) is 0.837. The summed E-state index contributed by atoms with van der Waals surface area (Å²) in [5.74, 6) is -0.785. The van der Waals surface area contributed by atoms with Gasteiger partial charge in [0.25, 0.3) is 0 Å². The van der Waals surface area contributed by atoms with E-state index in [1.54, 1.807) is 6.92 Å². The summed E-state index contributed by atoms with van der Waals surface area (Å²) in [7, 11) is -6.87. The minimum absolute atomic E-state index is 0.371. The number of hydrogen-bond donors (Lipinski definition) is 1. The van der Waals surface area contributed by atoms with Crippen LogP contribution in [-0.2, 0) is 19.9 Å². The second-order valence-electron chi connectivity index (χ2n) is 4.20. The van der Waals surface area contributed by atoms with E-state index in [0.29, 0.717) is 0 Å². The summed E-state index contributed by atoms with van der Waals surface area (Å²) in [6.07, 6.45) is 1.02. The molecule has 0 aromatic heterocycles. The van der Waals surface area contributed by atoms with Gasteiger partial charge in [0, 0.05) is 12.3 Å². The Morgan fingerprint density at radius 2 is 1.61 bits per heavy atom. The number of hydrogen-bond acceptors (Lipinski definition) is 4. The molecule has 0 radical (unpaired) electrons. The molecule has 1 N–H and O–H groups in total. The first-order chi connectivity index (χ1) is 8.20. The lowest BCUT2D eigenvalue weighted by Crippen LogP contribution is -2.31. The fourth-order valence-corrected chi connectivity index (χ4v) is 4.28. The van der Waals surface area contributed by atoms with Crippen LogP contribution in [0.3, 0.4) is 0 Å². The Hall–Kier alpha value is -0.920. The van der Waals surface area contributed by atoms with Crippen molar-refractivity contribution in [2.24, 2.45) is 0 Å². The summed E-state index contributed by atoms with van der Waals surface area (Å²) in [5.41, 5.74) is 0.834. The minimum Gasteiger partial charge on any atom is -0.229 e. The second kappa shape index (κ2) is 5.81. The molecule has 1 aromatic rings. The molecular formula is C11H17NO4S2. The van der Waals surface area contributed by atoms with Crippen LogP contribution in [0.25, 0.3) is 0 Å². The Kier molecular flexibility index (Phi) is 4.89. The molecule has 5 nitrogen and oxygen atoms in total. The smallest absolute Gasteiger partial charge is 0.213 e. The molecule has 1 aromatic carbocycles. The van der Waals surface area contributed by atoms with Crippen LogP contribution in [0.4, 0.5) is 0 Å². The molecule has 0 saturated carbocycles. The number of benzene rings is 1. The molecule has 7 heteroatoms. The first kappa shape index (κ1) is 15.1. The van der Waals surface area contributed by atoms with Crippen molar-refractivity contribution in [1.82, 2.24) is 4.72 Å². The van der Waals surface area contributed by atoms with E-state index in [-0.39, 0.29) is 11.8 Å². The van der Waals surface area contributed by atoms with Crippen molar-refractivity contribution >= 4 is 19.9 Å². The predicted octanol–water partition coefficient (Wildman–Crippen LogP) is 0.712. The fraction of sp³-hybridized carbons (Fsp3) is 0.455. The molecule has 1 atom stereocenters. The summed E-state index contributed by atoms with van der Waals surface area (Å²) in [6.45, 7) is 1.72. The van der Waals surface area contributed by atoms with Crippen LogP contribution in [0.5, 0.6) is 0 Å². The van der Waals surface area contributed by atoms with Gasteiger partial charge in [0.2, 0.25) is 10.0 Å². The molecule has 102 valence electrons. The van der Waals surface area contributed by atoms with Gasteiger partial charge < -0.3 is 0 Å². The summed E-state index contributed by atoms with van der Waals surface area (Å²) in [5, 5.41) is 0. The molecule has 0 aliphatic rings. The van der Waals surface area contributed by atoms with Crippen molar-refractivity contribution in [3.63, 3.8) is 0 Å². The third kappa shape index (κ3) is 5.61. The van der Waals surface area contributed by atoms with Gasteiger partial charge in [0.1, 0.15) is 9.84 Å². The largest absolute Gasteiger partial charge is 0.229 e. The maximum atomic E-state index is 11.7. The molecule has 0 unspecified atom stereocenters. The number of sulfone groups is 1. The van der Waals surface area contributed by atoms with Gasteiger partial charge in [-0.1, -0.05) is 30.3 Å². The van der Waals surface area contributed by atoms with E-state index >= 15 is 0 Å². The van der Waals surface area contributed by atoms with E-state index in [2.05, 4.69) is 4.72 Å². The molecule has 0 aliphatic carbocycles. The lowest BCUT2D eigenvalue weighted by atomic mass is 10.1. The fourth-order valence-electron chi connectivity index (χ4n) is 1.40. The molecule has 18 heavy (non-hydrogen) atoms. The van der Waals surface area contributed by atoms with Gasteiger partial charge in [-0.15, -0.1) is 0 Å². The lowest BCUT2D eigenvalue weighted by molar-refractivity contribution is 0.566. The Labute approximate surface area is 108 Å². The van der Waals surface area contributed by atoms with Crippen LogP contribution in [0.15, 0.2) is 30.3 Å². The average Bonchev–Trinajstić information content (AvgIpc) is 2.26. The molecule has 1 rings (SSSR count). The molecule has 0 spiro atoms. The topological polar surface area (TPSA) is 80.3 Å². The monoisotopic (exact) mass is 291 g/mol. The molecule has 0 bridgehead atoms. The van der Waals surface area contributed by atoms with Gasteiger partial charge in [-0.3, -0.25) is 0 Å². The number of sulfonamides is 1. The first-order valence-corrected chi connectivity index (χ1v) is 9.13. The van der Waals surface area contributed by atoms with Crippen molar-refractivity contribution in [3.8, 4) is 0 Å². The standard InChI is InChI=1S/C11H17NO4S2/c1-10(11-6-4-3-5-7-11)12-18(15,16)9-8-17(2,13)14/h3-7,10,12H,8-9H2,1-2H3/t10-/m1/s1. The van der Waals surface area contributed by atoms with Crippen LogP contribution >= 0.6 is 0 Å². The number of nitrogens with one attached hydrogen (secondary N) is 1. The van der Waals surface area contributed by atoms with E-state index in [1.165, 1.54) is 0 Å². The Morgan fingerprint density at radius 1 is 1.06 bits per heavy atom. The van der Waals surface area contributed by atoms with E-state index in [1.807, 2.05) is 30.3 Å². The lowest BCUT2D eigenvalue weighted by Gasteiger charge is -2.14. The first-order valence-electron chi connectivity index (χ1n) is 5.42. The van der Waals surface area contributed by atoms with E-state index in [9.17, 15) is 16.8 Å². The van der Waals surface area contributed by atoms with Crippen LogP contribution < -0.4 is 4.72 Å². The third-order valence-electron chi connectivity index (χ3n) is 2.38. The number of rotatable bonds is 6. The Balaban J connectivity index is 2.67. The zero-order valence-electron chi connectivity index (χ0n) is 10.3. The van der Waals surface area contributed by atoms with Gasteiger partial charge in [-0.2, -0.15) is 0 Å². The van der Waals surface area contributed by atoms with Gasteiger partial charge >= 0.3 is 0 Å². The molecule has 0 heterocycles. The highest BCUT2D eigenvalue weighted by Crippen LogP contribution is 2.12. The van der Waals surface area contributed by atoms with Crippen LogP contribution in [0.1, 0.15) is 18.5 Å². The minimum atomic E-state index is -3.59. The highest BCUT2D eigenvalue weighted by atomic mass is 32.2. The molecular weight excluding hydrogens is 274 g/mol. The summed E-state index contributed by atoms with van der Waals surface area (Å²) in [6, 6.07) is 8.71. The van der Waals surface area contributed by atoms with Crippen molar-refractivity contribution < 1.29 is 16.8 Å². The summed E-state index contributed by atoms with van der Waals surface area (Å²) in [4.78, 5) is 0. The maximum absolute atomic E-state index is 11.7.